The lowest BCUT2D eigenvalue weighted by molar-refractivity contribution is 0.112. The highest BCUT2D eigenvalue weighted by molar-refractivity contribution is 6.31. The molecule has 1 aliphatic rings. The van der Waals surface area contributed by atoms with Gasteiger partial charge < -0.3 is 15.4 Å². The minimum atomic E-state index is -0.152. The van der Waals surface area contributed by atoms with E-state index in [4.69, 9.17) is 16.3 Å². The third-order valence-corrected chi connectivity index (χ3v) is 3.86. The van der Waals surface area contributed by atoms with Gasteiger partial charge in [-0.05, 0) is 36.0 Å². The van der Waals surface area contributed by atoms with E-state index < -0.39 is 0 Å². The Morgan fingerprint density at radius 1 is 1.48 bits per heavy atom. The highest BCUT2D eigenvalue weighted by atomic mass is 35.5. The summed E-state index contributed by atoms with van der Waals surface area (Å²) in [7, 11) is 0. The number of rotatable bonds is 6. The fourth-order valence-corrected chi connectivity index (χ4v) is 2.80. The van der Waals surface area contributed by atoms with Gasteiger partial charge in [-0.15, -0.1) is 0 Å². The van der Waals surface area contributed by atoms with Gasteiger partial charge in [0.25, 0.3) is 0 Å². The molecule has 1 aromatic carbocycles. The van der Waals surface area contributed by atoms with Crippen molar-refractivity contribution in [3.8, 4) is 0 Å². The molecule has 1 atom stereocenters. The number of fused-ring (bicyclic) bond motifs is 1. The standard InChI is InChI=1S/C16H23ClN2O2/c1-11(2)10-21-9-8-18-16(20)19-15-7-6-12-13(15)4-3-5-14(12)17/h3-5,11,15H,6-10H2,1-2H3,(H2,18,19,20). The molecule has 0 spiro atoms. The normalized spacial score (nSPS) is 16.9. The van der Waals surface area contributed by atoms with Crippen molar-refractivity contribution >= 4 is 17.6 Å². The maximum atomic E-state index is 11.9. The molecule has 0 radical (unpaired) electrons. The number of carbonyl (C=O) groups is 1. The Hall–Kier alpha value is -1.26. The highest BCUT2D eigenvalue weighted by Gasteiger charge is 2.25. The van der Waals surface area contributed by atoms with Gasteiger partial charge in [0.05, 0.1) is 12.6 Å². The second-order valence-corrected chi connectivity index (χ2v) is 6.18. The van der Waals surface area contributed by atoms with Crippen molar-refractivity contribution in [3.63, 3.8) is 0 Å². The van der Waals surface area contributed by atoms with Gasteiger partial charge in [0.15, 0.2) is 0 Å². The van der Waals surface area contributed by atoms with E-state index in [0.29, 0.717) is 19.1 Å². The monoisotopic (exact) mass is 310 g/mol. The summed E-state index contributed by atoms with van der Waals surface area (Å²) in [4.78, 5) is 11.9. The molecule has 0 fully saturated rings. The fraction of sp³-hybridized carbons (Fsp3) is 0.562. The number of amides is 2. The zero-order valence-electron chi connectivity index (χ0n) is 12.6. The van der Waals surface area contributed by atoms with E-state index in [1.54, 1.807) is 0 Å². The van der Waals surface area contributed by atoms with Gasteiger partial charge in [-0.25, -0.2) is 4.79 Å². The topological polar surface area (TPSA) is 50.4 Å². The first kappa shape index (κ1) is 16.1. The second-order valence-electron chi connectivity index (χ2n) is 5.77. The molecule has 0 heterocycles. The molecule has 116 valence electrons. The summed E-state index contributed by atoms with van der Waals surface area (Å²) in [5.74, 6) is 0.513. The lowest BCUT2D eigenvalue weighted by Crippen LogP contribution is -2.39. The molecule has 21 heavy (non-hydrogen) atoms. The van der Waals surface area contributed by atoms with Crippen molar-refractivity contribution in [1.29, 1.82) is 0 Å². The van der Waals surface area contributed by atoms with Gasteiger partial charge in [-0.2, -0.15) is 0 Å². The van der Waals surface area contributed by atoms with Gasteiger partial charge in [0, 0.05) is 18.2 Å². The maximum Gasteiger partial charge on any atom is 0.315 e. The average Bonchev–Trinajstić information content (AvgIpc) is 2.83. The number of ether oxygens (including phenoxy) is 1. The van der Waals surface area contributed by atoms with Gasteiger partial charge >= 0.3 is 6.03 Å². The number of carbonyl (C=O) groups excluding carboxylic acids is 1. The summed E-state index contributed by atoms with van der Waals surface area (Å²) in [5, 5.41) is 6.61. The van der Waals surface area contributed by atoms with Crippen molar-refractivity contribution < 1.29 is 9.53 Å². The Morgan fingerprint density at radius 3 is 3.05 bits per heavy atom. The molecule has 2 rings (SSSR count). The van der Waals surface area contributed by atoms with E-state index >= 15 is 0 Å². The molecule has 5 heteroatoms. The van der Waals surface area contributed by atoms with Crippen LogP contribution in [0.4, 0.5) is 4.79 Å². The van der Waals surface area contributed by atoms with Crippen LogP contribution in [0.3, 0.4) is 0 Å². The zero-order valence-corrected chi connectivity index (χ0v) is 13.4. The molecule has 0 bridgehead atoms. The van der Waals surface area contributed by atoms with Crippen LogP contribution in [0.25, 0.3) is 0 Å². The maximum absolute atomic E-state index is 11.9. The third kappa shape index (κ3) is 4.61. The number of urea groups is 1. The van der Waals surface area contributed by atoms with Crippen LogP contribution in [-0.4, -0.2) is 25.8 Å². The van der Waals surface area contributed by atoms with Gasteiger partial charge in [0.1, 0.15) is 0 Å². The van der Waals surface area contributed by atoms with Crippen LogP contribution in [-0.2, 0) is 11.2 Å². The van der Waals surface area contributed by atoms with E-state index in [0.717, 1.165) is 35.6 Å². The highest BCUT2D eigenvalue weighted by Crippen LogP contribution is 2.35. The lowest BCUT2D eigenvalue weighted by Gasteiger charge is -2.15. The van der Waals surface area contributed by atoms with Gasteiger partial charge in [-0.1, -0.05) is 37.6 Å². The molecule has 0 saturated carbocycles. The predicted octanol–water partition coefficient (Wildman–Crippen LogP) is 3.30. The van der Waals surface area contributed by atoms with E-state index in [9.17, 15) is 4.79 Å². The van der Waals surface area contributed by atoms with E-state index in [1.807, 2.05) is 18.2 Å². The first-order chi connectivity index (χ1) is 10.1. The van der Waals surface area contributed by atoms with Crippen molar-refractivity contribution in [2.45, 2.75) is 32.7 Å². The smallest absolute Gasteiger partial charge is 0.315 e. The SMILES string of the molecule is CC(C)COCCNC(=O)NC1CCc2c(Cl)cccc21. The minimum absolute atomic E-state index is 0.0512. The molecule has 0 saturated heterocycles. The van der Waals surface area contributed by atoms with E-state index in [1.165, 1.54) is 0 Å². The Labute approximate surface area is 131 Å². The third-order valence-electron chi connectivity index (χ3n) is 3.50. The van der Waals surface area contributed by atoms with Gasteiger partial charge in [0.2, 0.25) is 0 Å². The Bertz CT molecular complexity index is 491. The molecule has 4 nitrogen and oxygen atoms in total. The van der Waals surface area contributed by atoms with Crippen LogP contribution >= 0.6 is 11.6 Å². The van der Waals surface area contributed by atoms with E-state index in [-0.39, 0.29) is 12.1 Å². The first-order valence-electron chi connectivity index (χ1n) is 7.47. The van der Waals surface area contributed by atoms with Crippen molar-refractivity contribution in [1.82, 2.24) is 10.6 Å². The summed E-state index contributed by atoms with van der Waals surface area (Å²) in [6, 6.07) is 5.76. The Balaban J connectivity index is 1.74. The van der Waals surface area contributed by atoms with Crippen molar-refractivity contribution in [2.75, 3.05) is 19.8 Å². The molecular weight excluding hydrogens is 288 g/mol. The number of benzene rings is 1. The number of nitrogens with one attached hydrogen (secondary N) is 2. The van der Waals surface area contributed by atoms with Gasteiger partial charge in [-0.3, -0.25) is 0 Å². The van der Waals surface area contributed by atoms with Crippen LogP contribution in [0.15, 0.2) is 18.2 Å². The van der Waals surface area contributed by atoms with Crippen LogP contribution in [0.2, 0.25) is 5.02 Å². The second kappa shape index (κ2) is 7.66. The molecule has 0 aliphatic heterocycles. The van der Waals surface area contributed by atoms with Crippen molar-refractivity contribution in [2.24, 2.45) is 5.92 Å². The summed E-state index contributed by atoms with van der Waals surface area (Å²) in [5.41, 5.74) is 2.29. The summed E-state index contributed by atoms with van der Waals surface area (Å²) in [6.07, 6.45) is 1.81. The zero-order chi connectivity index (χ0) is 15.2. The Morgan fingerprint density at radius 2 is 2.29 bits per heavy atom. The van der Waals surface area contributed by atoms with Crippen molar-refractivity contribution in [3.05, 3.63) is 34.3 Å². The van der Waals surface area contributed by atoms with E-state index in [2.05, 4.69) is 24.5 Å². The number of halogens is 1. The molecule has 1 aromatic rings. The molecule has 2 N–H and O–H groups in total. The predicted molar refractivity (Wildman–Crippen MR) is 84.7 cm³/mol. The molecule has 1 unspecified atom stereocenters. The fourth-order valence-electron chi connectivity index (χ4n) is 2.52. The Kier molecular flexibility index (Phi) is 5.88. The number of hydrogen-bond donors (Lipinski definition) is 2. The summed E-state index contributed by atoms with van der Waals surface area (Å²) in [6.45, 7) is 5.98. The summed E-state index contributed by atoms with van der Waals surface area (Å²) < 4.78 is 5.43. The first-order valence-corrected chi connectivity index (χ1v) is 7.85. The molecule has 2 amide bonds. The largest absolute Gasteiger partial charge is 0.379 e. The van der Waals surface area contributed by atoms with Crippen LogP contribution in [0.1, 0.15) is 37.4 Å². The molecule has 0 aromatic heterocycles. The quantitative estimate of drug-likeness (QED) is 0.792. The average molecular weight is 311 g/mol. The minimum Gasteiger partial charge on any atom is -0.379 e. The van der Waals surface area contributed by atoms with Crippen LogP contribution in [0.5, 0.6) is 0 Å². The van der Waals surface area contributed by atoms with Crippen LogP contribution in [0, 0.1) is 5.92 Å². The van der Waals surface area contributed by atoms with Crippen LogP contribution < -0.4 is 10.6 Å². The summed E-state index contributed by atoms with van der Waals surface area (Å²) >= 11 is 6.17. The lowest BCUT2D eigenvalue weighted by atomic mass is 10.1. The molecule has 1 aliphatic carbocycles. The molecular formula is C16H23ClN2O2. The number of hydrogen-bond acceptors (Lipinski definition) is 2.